The number of rotatable bonds is 6. The van der Waals surface area contributed by atoms with Crippen molar-refractivity contribution in [3.63, 3.8) is 0 Å². The molecule has 0 bridgehead atoms. The Morgan fingerprint density at radius 1 is 1.12 bits per heavy atom. The number of nitrogens with zero attached hydrogens (tertiary/aromatic N) is 5. The van der Waals surface area contributed by atoms with Crippen molar-refractivity contribution in [1.82, 2.24) is 23.9 Å². The van der Waals surface area contributed by atoms with E-state index in [9.17, 15) is 22.8 Å². The van der Waals surface area contributed by atoms with E-state index in [1.165, 1.54) is 15.2 Å². The zero-order chi connectivity index (χ0) is 25.0. The molecule has 1 aromatic rings. The molecule has 0 radical (unpaired) electrons. The van der Waals surface area contributed by atoms with Crippen LogP contribution in [0.5, 0.6) is 0 Å². The van der Waals surface area contributed by atoms with E-state index in [1.807, 2.05) is 0 Å². The molecule has 12 nitrogen and oxygen atoms in total. The molecule has 3 amide bonds. The van der Waals surface area contributed by atoms with E-state index in [2.05, 4.69) is 10.4 Å². The number of ether oxygens (including phenoxy) is 1. The average Bonchev–Trinajstić information content (AvgIpc) is 3.17. The Hall–Kier alpha value is -2.67. The van der Waals surface area contributed by atoms with Crippen molar-refractivity contribution in [1.29, 1.82) is 0 Å². The lowest BCUT2D eigenvalue weighted by molar-refractivity contribution is -0.136. The molecule has 0 saturated carbocycles. The van der Waals surface area contributed by atoms with E-state index in [1.54, 1.807) is 36.8 Å². The fraction of sp³-hybridized carbons (Fsp3) is 0.714. The maximum atomic E-state index is 13.0. The molecule has 0 aromatic carbocycles. The molecule has 0 spiro atoms. The number of carbonyl (C=O) groups is 3. The zero-order valence-corrected chi connectivity index (χ0v) is 21.0. The van der Waals surface area contributed by atoms with Crippen LogP contribution in [0.2, 0.25) is 0 Å². The molecule has 2 fully saturated rings. The Kier molecular flexibility index (Phi) is 8.18. The Labute approximate surface area is 200 Å². The summed E-state index contributed by atoms with van der Waals surface area (Å²) < 4.78 is 31.3. The monoisotopic (exact) mass is 498 g/mol. The molecule has 1 N–H and O–H groups in total. The van der Waals surface area contributed by atoms with Gasteiger partial charge < -0.3 is 19.9 Å². The minimum atomic E-state index is -3.25. The van der Waals surface area contributed by atoms with Crippen molar-refractivity contribution in [2.45, 2.75) is 39.7 Å². The van der Waals surface area contributed by atoms with Crippen LogP contribution in [-0.4, -0.2) is 102 Å². The largest absolute Gasteiger partial charge is 0.450 e. The number of piperazine rings is 1. The number of hydrogen-bond donors (Lipinski definition) is 1. The van der Waals surface area contributed by atoms with E-state index in [0.717, 1.165) is 0 Å². The van der Waals surface area contributed by atoms with Gasteiger partial charge >= 0.3 is 6.09 Å². The zero-order valence-electron chi connectivity index (χ0n) is 20.2. The van der Waals surface area contributed by atoms with Gasteiger partial charge in [-0.25, -0.2) is 17.5 Å². The number of sulfonamides is 1. The summed E-state index contributed by atoms with van der Waals surface area (Å²) in [6.45, 7) is 7.87. The van der Waals surface area contributed by atoms with Gasteiger partial charge in [0, 0.05) is 51.4 Å². The quantitative estimate of drug-likeness (QED) is 0.609. The molecule has 13 heteroatoms. The molecule has 2 aliphatic rings. The third kappa shape index (κ3) is 6.06. The molecule has 2 aliphatic heterocycles. The predicted molar refractivity (Wildman–Crippen MR) is 125 cm³/mol. The first kappa shape index (κ1) is 25.9. The van der Waals surface area contributed by atoms with Crippen LogP contribution in [0.4, 0.5) is 10.5 Å². The summed E-state index contributed by atoms with van der Waals surface area (Å²) >= 11 is 0. The SMILES string of the molecule is CCOC(=O)N1CCN(C(=O)[C@H](C)n2cc(NC(=O)C3CCN(S(C)(=O)=O)CC3)c(C)n2)CC1. The predicted octanol–water partition coefficient (Wildman–Crippen LogP) is 0.663. The summed E-state index contributed by atoms with van der Waals surface area (Å²) in [5.41, 5.74) is 1.12. The second-order valence-corrected chi connectivity index (χ2v) is 10.7. The summed E-state index contributed by atoms with van der Waals surface area (Å²) in [6, 6.07) is -0.573. The Balaban J connectivity index is 1.55. The first-order chi connectivity index (χ1) is 16.0. The van der Waals surface area contributed by atoms with Crippen molar-refractivity contribution in [2.24, 2.45) is 5.92 Å². The van der Waals surface area contributed by atoms with Gasteiger partial charge in [-0.1, -0.05) is 0 Å². The van der Waals surface area contributed by atoms with Crippen molar-refractivity contribution < 1.29 is 27.5 Å². The lowest BCUT2D eigenvalue weighted by Gasteiger charge is -2.35. The molecule has 1 atom stereocenters. The standard InChI is InChI=1S/C21H34N6O6S/c1-5-33-21(30)25-12-10-24(11-13-25)20(29)16(3)27-14-18(15(2)23-27)22-19(28)17-6-8-26(9-7-17)34(4,31)32/h14,16-17H,5-13H2,1-4H3,(H,22,28)/t16-/m0/s1. The smallest absolute Gasteiger partial charge is 0.409 e. The van der Waals surface area contributed by atoms with Crippen molar-refractivity contribution in [3.05, 3.63) is 11.9 Å². The van der Waals surface area contributed by atoms with Gasteiger partial charge in [-0.2, -0.15) is 5.10 Å². The summed E-state index contributed by atoms with van der Waals surface area (Å²) in [6.07, 6.45) is 3.37. The summed E-state index contributed by atoms with van der Waals surface area (Å²) in [5.74, 6) is -0.572. The number of aromatic nitrogens is 2. The van der Waals surface area contributed by atoms with Crippen LogP contribution in [0.1, 0.15) is 38.4 Å². The van der Waals surface area contributed by atoms with Crippen molar-refractivity contribution >= 4 is 33.6 Å². The van der Waals surface area contributed by atoms with Crippen LogP contribution >= 0.6 is 0 Å². The third-order valence-corrected chi connectivity index (χ3v) is 7.64. The van der Waals surface area contributed by atoms with E-state index in [-0.39, 0.29) is 23.8 Å². The molecule has 1 aromatic heterocycles. The Morgan fingerprint density at radius 2 is 1.71 bits per heavy atom. The number of nitrogens with one attached hydrogen (secondary N) is 1. The van der Waals surface area contributed by atoms with E-state index < -0.39 is 16.1 Å². The van der Waals surface area contributed by atoms with Crippen LogP contribution in [-0.2, 0) is 24.3 Å². The first-order valence-electron chi connectivity index (χ1n) is 11.5. The summed E-state index contributed by atoms with van der Waals surface area (Å²) in [4.78, 5) is 40.9. The third-order valence-electron chi connectivity index (χ3n) is 6.34. The molecular formula is C21H34N6O6S. The van der Waals surface area contributed by atoms with E-state index in [4.69, 9.17) is 4.74 Å². The Morgan fingerprint density at radius 3 is 2.26 bits per heavy atom. The van der Waals surface area contributed by atoms with Crippen molar-refractivity contribution in [2.75, 3.05) is 57.4 Å². The highest BCUT2D eigenvalue weighted by Gasteiger charge is 2.31. The van der Waals surface area contributed by atoms with Crippen LogP contribution in [0, 0.1) is 12.8 Å². The van der Waals surface area contributed by atoms with Gasteiger partial charge in [0.05, 0.1) is 24.2 Å². The van der Waals surface area contributed by atoms with Gasteiger partial charge in [0.25, 0.3) is 0 Å². The number of piperidine rings is 1. The van der Waals surface area contributed by atoms with Gasteiger partial charge in [-0.3, -0.25) is 14.3 Å². The van der Waals surface area contributed by atoms with Crippen LogP contribution in [0.3, 0.4) is 0 Å². The minimum Gasteiger partial charge on any atom is -0.450 e. The first-order valence-corrected chi connectivity index (χ1v) is 13.4. The van der Waals surface area contributed by atoms with Crippen LogP contribution in [0.15, 0.2) is 6.20 Å². The maximum Gasteiger partial charge on any atom is 0.409 e. The second kappa shape index (κ2) is 10.7. The second-order valence-electron chi connectivity index (χ2n) is 8.72. The lowest BCUT2D eigenvalue weighted by atomic mass is 9.97. The molecule has 3 rings (SSSR count). The van der Waals surface area contributed by atoms with Gasteiger partial charge in [-0.15, -0.1) is 0 Å². The molecule has 0 aliphatic carbocycles. The topological polar surface area (TPSA) is 134 Å². The number of amides is 3. The fourth-order valence-electron chi connectivity index (χ4n) is 4.19. The molecule has 3 heterocycles. The molecule has 0 unspecified atom stereocenters. The minimum absolute atomic E-state index is 0.114. The average molecular weight is 499 g/mol. The molecule has 34 heavy (non-hydrogen) atoms. The lowest BCUT2D eigenvalue weighted by Crippen LogP contribution is -2.52. The maximum absolute atomic E-state index is 13.0. The number of hydrogen-bond acceptors (Lipinski definition) is 7. The van der Waals surface area contributed by atoms with Gasteiger partial charge in [0.1, 0.15) is 6.04 Å². The van der Waals surface area contributed by atoms with Gasteiger partial charge in [-0.05, 0) is 33.6 Å². The number of carbonyl (C=O) groups excluding carboxylic acids is 3. The summed E-state index contributed by atoms with van der Waals surface area (Å²) in [7, 11) is -3.25. The molecule has 190 valence electrons. The number of aryl methyl sites for hydroxylation is 1. The van der Waals surface area contributed by atoms with Gasteiger partial charge in [0.15, 0.2) is 0 Å². The molecular weight excluding hydrogens is 464 g/mol. The van der Waals surface area contributed by atoms with E-state index >= 15 is 0 Å². The van der Waals surface area contributed by atoms with E-state index in [0.29, 0.717) is 70.1 Å². The highest BCUT2D eigenvalue weighted by molar-refractivity contribution is 7.88. The number of anilines is 1. The molecule has 2 saturated heterocycles. The van der Waals surface area contributed by atoms with Crippen LogP contribution in [0.25, 0.3) is 0 Å². The normalized spacial score (nSPS) is 19.1. The van der Waals surface area contributed by atoms with Gasteiger partial charge in [0.2, 0.25) is 21.8 Å². The van der Waals surface area contributed by atoms with Crippen molar-refractivity contribution in [3.8, 4) is 0 Å². The fourth-order valence-corrected chi connectivity index (χ4v) is 5.06. The highest BCUT2D eigenvalue weighted by atomic mass is 32.2. The van der Waals surface area contributed by atoms with Crippen LogP contribution < -0.4 is 5.32 Å². The summed E-state index contributed by atoms with van der Waals surface area (Å²) in [5, 5.41) is 7.30. The Bertz CT molecular complexity index is 1010. The highest BCUT2D eigenvalue weighted by Crippen LogP contribution is 2.23.